The highest BCUT2D eigenvalue weighted by atomic mass is 15.1. The second kappa shape index (κ2) is 9.42. The lowest BCUT2D eigenvalue weighted by Gasteiger charge is -2.28. The zero-order chi connectivity index (χ0) is 25.3. The summed E-state index contributed by atoms with van der Waals surface area (Å²) < 4.78 is 0. The van der Waals surface area contributed by atoms with E-state index in [0.717, 1.165) is 34.1 Å². The first-order chi connectivity index (χ1) is 18.8. The molecule has 1 heterocycles. The molecule has 0 unspecified atom stereocenters. The molecule has 0 atom stereocenters. The summed E-state index contributed by atoms with van der Waals surface area (Å²) in [6.07, 6.45) is 0. The number of rotatable bonds is 2. The predicted octanol–water partition coefficient (Wildman–Crippen LogP) is 10.3. The van der Waals surface area contributed by atoms with Crippen molar-refractivity contribution in [3.8, 4) is 22.3 Å². The van der Waals surface area contributed by atoms with Gasteiger partial charge in [-0.05, 0) is 95.1 Å². The van der Waals surface area contributed by atoms with E-state index >= 15 is 0 Å². The second-order valence-electron chi connectivity index (χ2n) is 9.54. The van der Waals surface area contributed by atoms with Gasteiger partial charge in [0.25, 0.3) is 0 Å². The van der Waals surface area contributed by atoms with Crippen molar-refractivity contribution in [3.05, 3.63) is 158 Å². The van der Waals surface area contributed by atoms with Crippen molar-refractivity contribution in [2.75, 3.05) is 9.80 Å². The van der Waals surface area contributed by atoms with Crippen molar-refractivity contribution in [2.45, 2.75) is 0 Å². The maximum absolute atomic E-state index is 2.34. The van der Waals surface area contributed by atoms with Crippen LogP contribution in [0.5, 0.6) is 0 Å². The molecule has 7 rings (SSSR count). The zero-order valence-corrected chi connectivity index (χ0v) is 20.9. The molecule has 0 aromatic heterocycles. The molecule has 6 aromatic rings. The van der Waals surface area contributed by atoms with Crippen molar-refractivity contribution in [1.29, 1.82) is 0 Å². The van der Waals surface area contributed by atoms with Crippen molar-refractivity contribution >= 4 is 34.1 Å². The Labute approximate surface area is 223 Å². The fraction of sp³-hybridized carbons (Fsp3) is 0. The highest BCUT2D eigenvalue weighted by molar-refractivity contribution is 5.86. The number of fused-ring (bicyclic) bond motifs is 10. The summed E-state index contributed by atoms with van der Waals surface area (Å²) in [6, 6.07) is 56.5. The van der Waals surface area contributed by atoms with Crippen LogP contribution < -0.4 is 9.80 Å². The largest absolute Gasteiger partial charge is 0.310 e. The molecule has 38 heavy (non-hydrogen) atoms. The molecular formula is C36H26N2. The standard InChI is InChI=1S/C36H26N2/c1-3-15-31(16-4-1)37-33-19-7-11-27(23-33)29-13-9-21-35(25-29)38(32-17-5-2-6-18-32)36-22-10-14-30(26-36)28-12-8-20-34(37)24-28/h1-26H. The lowest BCUT2D eigenvalue weighted by atomic mass is 10.00. The van der Waals surface area contributed by atoms with Crippen LogP contribution in [0.3, 0.4) is 0 Å². The number of hydrogen-bond acceptors (Lipinski definition) is 2. The number of nitrogens with zero attached hydrogens (tertiary/aromatic N) is 2. The Kier molecular flexibility index (Phi) is 5.49. The lowest BCUT2D eigenvalue weighted by Crippen LogP contribution is -2.11. The Hall–Kier alpha value is -5.08. The van der Waals surface area contributed by atoms with E-state index in [2.05, 4.69) is 168 Å². The minimum atomic E-state index is 1.13. The maximum atomic E-state index is 2.34. The van der Waals surface area contributed by atoms with Crippen LogP contribution in [0.1, 0.15) is 0 Å². The summed E-state index contributed by atoms with van der Waals surface area (Å²) in [7, 11) is 0. The zero-order valence-electron chi connectivity index (χ0n) is 20.9. The Morgan fingerprint density at radius 2 is 0.500 bits per heavy atom. The minimum absolute atomic E-state index is 1.13. The number of hydrogen-bond donors (Lipinski definition) is 0. The molecule has 0 N–H and O–H groups in total. The van der Waals surface area contributed by atoms with Gasteiger partial charge in [0.1, 0.15) is 0 Å². The van der Waals surface area contributed by atoms with Gasteiger partial charge in [-0.1, -0.05) is 84.9 Å². The summed E-state index contributed by atoms with van der Waals surface area (Å²) in [5.74, 6) is 0. The number of benzene rings is 6. The average molecular weight is 487 g/mol. The molecule has 0 saturated heterocycles. The monoisotopic (exact) mass is 486 g/mol. The third-order valence-corrected chi connectivity index (χ3v) is 7.11. The van der Waals surface area contributed by atoms with E-state index in [1.165, 1.54) is 22.3 Å². The third kappa shape index (κ3) is 4.03. The molecule has 0 amide bonds. The van der Waals surface area contributed by atoms with E-state index in [-0.39, 0.29) is 0 Å². The first-order valence-electron chi connectivity index (χ1n) is 12.9. The van der Waals surface area contributed by atoms with E-state index in [1.54, 1.807) is 0 Å². The summed E-state index contributed by atoms with van der Waals surface area (Å²) in [5, 5.41) is 0. The molecule has 0 spiro atoms. The first-order valence-corrected chi connectivity index (χ1v) is 12.9. The Bertz CT molecular complexity index is 1500. The van der Waals surface area contributed by atoms with Crippen LogP contribution in [0.4, 0.5) is 34.1 Å². The molecule has 0 radical (unpaired) electrons. The first kappa shape index (κ1) is 22.1. The molecule has 2 nitrogen and oxygen atoms in total. The highest BCUT2D eigenvalue weighted by Crippen LogP contribution is 2.41. The quantitative estimate of drug-likeness (QED) is 0.240. The molecule has 6 aromatic carbocycles. The van der Waals surface area contributed by atoms with E-state index in [1.807, 2.05) is 0 Å². The van der Waals surface area contributed by atoms with Crippen LogP contribution in [0.25, 0.3) is 22.3 Å². The van der Waals surface area contributed by atoms with Gasteiger partial charge < -0.3 is 9.80 Å². The van der Waals surface area contributed by atoms with E-state index in [4.69, 9.17) is 0 Å². The van der Waals surface area contributed by atoms with Crippen LogP contribution >= 0.6 is 0 Å². The van der Waals surface area contributed by atoms with Crippen LogP contribution in [0, 0.1) is 0 Å². The average Bonchev–Trinajstić information content (AvgIpc) is 2.99. The second-order valence-corrected chi connectivity index (χ2v) is 9.54. The van der Waals surface area contributed by atoms with Gasteiger partial charge in [-0.3, -0.25) is 0 Å². The molecule has 1 aliphatic rings. The van der Waals surface area contributed by atoms with Gasteiger partial charge in [0.2, 0.25) is 0 Å². The Morgan fingerprint density at radius 3 is 0.789 bits per heavy atom. The summed E-state index contributed by atoms with van der Waals surface area (Å²) in [5.41, 5.74) is 11.5. The Morgan fingerprint density at radius 1 is 0.237 bits per heavy atom. The van der Waals surface area contributed by atoms with Crippen LogP contribution in [-0.4, -0.2) is 0 Å². The lowest BCUT2D eigenvalue weighted by molar-refractivity contribution is 1.27. The third-order valence-electron chi connectivity index (χ3n) is 7.11. The fourth-order valence-electron chi connectivity index (χ4n) is 5.35. The van der Waals surface area contributed by atoms with E-state index in [9.17, 15) is 0 Å². The van der Waals surface area contributed by atoms with Crippen LogP contribution in [0.15, 0.2) is 158 Å². The highest BCUT2D eigenvalue weighted by Gasteiger charge is 2.17. The SMILES string of the molecule is c1ccc(N2c3cccc(c3)-c3cccc(c3)N(c3ccccc3)c3cccc(c3)-c3cccc2c3)cc1. The Balaban J connectivity index is 1.52. The predicted molar refractivity (Wildman–Crippen MR) is 160 cm³/mol. The number of para-hydroxylation sites is 2. The van der Waals surface area contributed by atoms with Crippen LogP contribution in [-0.2, 0) is 0 Å². The molecule has 1 aliphatic heterocycles. The fourth-order valence-corrected chi connectivity index (χ4v) is 5.35. The smallest absolute Gasteiger partial charge is 0.0467 e. The normalized spacial score (nSPS) is 12.1. The van der Waals surface area contributed by atoms with Crippen molar-refractivity contribution in [1.82, 2.24) is 0 Å². The van der Waals surface area contributed by atoms with E-state index < -0.39 is 0 Å². The number of anilines is 6. The van der Waals surface area contributed by atoms with Gasteiger partial charge in [-0.25, -0.2) is 0 Å². The van der Waals surface area contributed by atoms with Gasteiger partial charge in [0.05, 0.1) is 0 Å². The topological polar surface area (TPSA) is 6.48 Å². The van der Waals surface area contributed by atoms with Crippen molar-refractivity contribution in [2.24, 2.45) is 0 Å². The van der Waals surface area contributed by atoms with Gasteiger partial charge >= 0.3 is 0 Å². The van der Waals surface area contributed by atoms with Gasteiger partial charge in [0, 0.05) is 34.1 Å². The molecule has 2 heteroatoms. The molecule has 0 saturated carbocycles. The molecule has 8 bridgehead atoms. The molecule has 180 valence electrons. The summed E-state index contributed by atoms with van der Waals surface area (Å²) >= 11 is 0. The van der Waals surface area contributed by atoms with E-state index in [0.29, 0.717) is 0 Å². The maximum Gasteiger partial charge on any atom is 0.0467 e. The molecule has 0 fully saturated rings. The summed E-state index contributed by atoms with van der Waals surface area (Å²) in [4.78, 5) is 4.67. The van der Waals surface area contributed by atoms with Crippen molar-refractivity contribution < 1.29 is 0 Å². The minimum Gasteiger partial charge on any atom is -0.310 e. The molecule has 0 aliphatic carbocycles. The van der Waals surface area contributed by atoms with Gasteiger partial charge in [-0.2, -0.15) is 0 Å². The van der Waals surface area contributed by atoms with Crippen molar-refractivity contribution in [3.63, 3.8) is 0 Å². The van der Waals surface area contributed by atoms with Crippen LogP contribution in [0.2, 0.25) is 0 Å². The van der Waals surface area contributed by atoms with Gasteiger partial charge in [0.15, 0.2) is 0 Å². The summed E-state index contributed by atoms with van der Waals surface area (Å²) in [6.45, 7) is 0. The molecular weight excluding hydrogens is 460 g/mol. The van der Waals surface area contributed by atoms with Gasteiger partial charge in [-0.15, -0.1) is 0 Å².